The summed E-state index contributed by atoms with van der Waals surface area (Å²) >= 11 is 6.02. The number of halogens is 1. The van der Waals surface area contributed by atoms with Gasteiger partial charge in [0.05, 0.1) is 11.4 Å². The molecule has 3 N–H and O–H groups in total. The summed E-state index contributed by atoms with van der Waals surface area (Å²) in [4.78, 5) is 9.60. The van der Waals surface area contributed by atoms with Gasteiger partial charge in [-0.3, -0.25) is 10.3 Å². The maximum Gasteiger partial charge on any atom is 0.197 e. The van der Waals surface area contributed by atoms with Crippen LogP contribution < -0.4 is 16.0 Å². The fraction of sp³-hybridized carbons (Fsp3) is 0.167. The van der Waals surface area contributed by atoms with Crippen molar-refractivity contribution >= 4 is 17.6 Å². The van der Waals surface area contributed by atoms with Gasteiger partial charge in [-0.15, -0.1) is 0 Å². The first kappa shape index (κ1) is 20.1. The number of nitrogens with one attached hydrogen (secondary N) is 3. The SMILES string of the molecule is CNC1(c2cccc(-c3ccc(Cl)cc3)n2)C=CNC(=NCCc2ccccc2)N1. The molecule has 3 aromatic rings. The molecule has 2 aromatic carbocycles. The molecule has 0 spiro atoms. The lowest BCUT2D eigenvalue weighted by Crippen LogP contribution is -2.59. The van der Waals surface area contributed by atoms with Crippen molar-refractivity contribution in [2.45, 2.75) is 12.1 Å². The molecule has 5 nitrogen and oxygen atoms in total. The van der Waals surface area contributed by atoms with Gasteiger partial charge < -0.3 is 10.6 Å². The van der Waals surface area contributed by atoms with Crippen LogP contribution in [0.2, 0.25) is 5.02 Å². The van der Waals surface area contributed by atoms with Gasteiger partial charge in [-0.05, 0) is 49.4 Å². The molecule has 0 bridgehead atoms. The minimum Gasteiger partial charge on any atom is -0.333 e. The van der Waals surface area contributed by atoms with Crippen LogP contribution in [-0.2, 0) is 12.1 Å². The van der Waals surface area contributed by atoms with Gasteiger partial charge in [0.1, 0.15) is 0 Å². The molecule has 1 unspecified atom stereocenters. The smallest absolute Gasteiger partial charge is 0.197 e. The van der Waals surface area contributed by atoms with E-state index < -0.39 is 5.66 Å². The molecule has 1 aromatic heterocycles. The highest BCUT2D eigenvalue weighted by molar-refractivity contribution is 6.30. The summed E-state index contributed by atoms with van der Waals surface area (Å²) in [5.74, 6) is 0.710. The Morgan fingerprint density at radius 3 is 2.57 bits per heavy atom. The lowest BCUT2D eigenvalue weighted by molar-refractivity contribution is 0.397. The molecule has 6 heteroatoms. The Balaban J connectivity index is 1.55. The summed E-state index contributed by atoms with van der Waals surface area (Å²) in [7, 11) is 1.90. The summed E-state index contributed by atoms with van der Waals surface area (Å²) in [6, 6.07) is 24.1. The third-order valence-corrected chi connectivity index (χ3v) is 5.32. The van der Waals surface area contributed by atoms with E-state index in [-0.39, 0.29) is 0 Å². The summed E-state index contributed by atoms with van der Waals surface area (Å²) in [5.41, 5.74) is 3.37. The van der Waals surface area contributed by atoms with Crippen LogP contribution in [-0.4, -0.2) is 24.5 Å². The second-order valence-corrected chi connectivity index (χ2v) is 7.48. The molecule has 0 radical (unpaired) electrons. The van der Waals surface area contributed by atoms with Crippen LogP contribution in [0.5, 0.6) is 0 Å². The molecule has 1 aliphatic rings. The van der Waals surface area contributed by atoms with Gasteiger partial charge in [-0.2, -0.15) is 0 Å². The van der Waals surface area contributed by atoms with Crippen molar-refractivity contribution in [3.05, 3.63) is 101 Å². The third kappa shape index (κ3) is 4.53. The van der Waals surface area contributed by atoms with E-state index in [0.29, 0.717) is 17.5 Å². The van der Waals surface area contributed by atoms with E-state index in [2.05, 4.69) is 28.1 Å². The summed E-state index contributed by atoms with van der Waals surface area (Å²) in [6.45, 7) is 0.686. The number of guanidine groups is 1. The summed E-state index contributed by atoms with van der Waals surface area (Å²) < 4.78 is 0. The molecule has 0 aliphatic carbocycles. The van der Waals surface area contributed by atoms with Crippen LogP contribution in [0.3, 0.4) is 0 Å². The van der Waals surface area contributed by atoms with E-state index in [1.54, 1.807) is 0 Å². The van der Waals surface area contributed by atoms with Crippen molar-refractivity contribution in [2.24, 2.45) is 4.99 Å². The predicted molar refractivity (Wildman–Crippen MR) is 123 cm³/mol. The maximum atomic E-state index is 6.02. The maximum absolute atomic E-state index is 6.02. The van der Waals surface area contributed by atoms with Crippen molar-refractivity contribution in [3.63, 3.8) is 0 Å². The molecule has 30 heavy (non-hydrogen) atoms. The van der Waals surface area contributed by atoms with Crippen molar-refractivity contribution in [3.8, 4) is 11.3 Å². The Morgan fingerprint density at radius 2 is 1.80 bits per heavy atom. The zero-order valence-electron chi connectivity index (χ0n) is 16.8. The normalized spacial score (nSPS) is 19.3. The number of aliphatic imine (C=N–C) groups is 1. The molecular formula is C24H24ClN5. The van der Waals surface area contributed by atoms with Crippen molar-refractivity contribution in [1.82, 2.24) is 20.9 Å². The van der Waals surface area contributed by atoms with Crippen LogP contribution in [0.1, 0.15) is 11.3 Å². The quantitative estimate of drug-likeness (QED) is 0.565. The van der Waals surface area contributed by atoms with E-state index in [9.17, 15) is 0 Å². The van der Waals surface area contributed by atoms with Crippen LogP contribution >= 0.6 is 11.6 Å². The highest BCUT2D eigenvalue weighted by Crippen LogP contribution is 2.24. The van der Waals surface area contributed by atoms with Gasteiger partial charge >= 0.3 is 0 Å². The van der Waals surface area contributed by atoms with Gasteiger partial charge in [0, 0.05) is 23.3 Å². The summed E-state index contributed by atoms with van der Waals surface area (Å²) in [5, 5.41) is 10.7. The average Bonchev–Trinajstić information content (AvgIpc) is 2.80. The topological polar surface area (TPSA) is 61.3 Å². The second-order valence-electron chi connectivity index (χ2n) is 7.04. The number of benzene rings is 2. The van der Waals surface area contributed by atoms with E-state index in [1.165, 1.54) is 5.56 Å². The third-order valence-electron chi connectivity index (χ3n) is 5.07. The molecule has 152 valence electrons. The van der Waals surface area contributed by atoms with Crippen LogP contribution in [0.15, 0.2) is 90.1 Å². The van der Waals surface area contributed by atoms with Crippen molar-refractivity contribution < 1.29 is 0 Å². The number of likely N-dealkylation sites (N-methyl/N-ethyl adjacent to an activating group) is 1. The Morgan fingerprint density at radius 1 is 1.00 bits per heavy atom. The Bertz CT molecular complexity index is 1050. The zero-order chi connectivity index (χ0) is 20.8. The molecule has 0 fully saturated rings. The number of rotatable bonds is 6. The van der Waals surface area contributed by atoms with E-state index in [4.69, 9.17) is 21.6 Å². The minimum absolute atomic E-state index is 0.654. The molecule has 0 amide bonds. The van der Waals surface area contributed by atoms with Crippen LogP contribution in [0, 0.1) is 0 Å². The average molecular weight is 418 g/mol. The standard InChI is InChI=1S/C24H24ClN5/c1-26-24(22-9-5-8-21(29-22)19-10-12-20(25)13-11-19)15-17-28-23(30-24)27-16-14-18-6-3-2-4-7-18/h2-13,15,17,26H,14,16H2,1H3,(H2,27,28,30). The van der Waals surface area contributed by atoms with Gasteiger partial charge in [-0.25, -0.2) is 4.98 Å². The lowest BCUT2D eigenvalue weighted by atomic mass is 10.0. The number of hydrogen-bond donors (Lipinski definition) is 3. The fourth-order valence-corrected chi connectivity index (χ4v) is 3.52. The first-order chi connectivity index (χ1) is 14.7. The molecule has 0 saturated heterocycles. The Labute approximate surface area is 181 Å². The van der Waals surface area contributed by atoms with Gasteiger partial charge in [0.2, 0.25) is 0 Å². The molecule has 1 atom stereocenters. The number of aromatic nitrogens is 1. The van der Waals surface area contributed by atoms with Crippen LogP contribution in [0.4, 0.5) is 0 Å². The van der Waals surface area contributed by atoms with E-state index >= 15 is 0 Å². The molecule has 0 saturated carbocycles. The molecule has 2 heterocycles. The van der Waals surface area contributed by atoms with E-state index in [1.807, 2.05) is 80.0 Å². The second kappa shape index (κ2) is 9.11. The van der Waals surface area contributed by atoms with Gasteiger partial charge in [0.15, 0.2) is 11.6 Å². The Kier molecular flexibility index (Phi) is 6.12. The Hall–Kier alpha value is -3.15. The number of pyridine rings is 1. The largest absolute Gasteiger partial charge is 0.333 e. The van der Waals surface area contributed by atoms with Gasteiger partial charge in [-0.1, -0.05) is 60.1 Å². The molecule has 1 aliphatic heterocycles. The predicted octanol–water partition coefficient (Wildman–Crippen LogP) is 4.08. The fourth-order valence-electron chi connectivity index (χ4n) is 3.40. The summed E-state index contributed by atoms with van der Waals surface area (Å²) in [6.07, 6.45) is 4.79. The van der Waals surface area contributed by atoms with Crippen molar-refractivity contribution in [1.29, 1.82) is 0 Å². The monoisotopic (exact) mass is 417 g/mol. The molecular weight excluding hydrogens is 394 g/mol. The number of nitrogens with zero attached hydrogens (tertiary/aromatic N) is 2. The van der Waals surface area contributed by atoms with Gasteiger partial charge in [0.25, 0.3) is 0 Å². The highest BCUT2D eigenvalue weighted by atomic mass is 35.5. The first-order valence-corrected chi connectivity index (χ1v) is 10.3. The number of hydrogen-bond acceptors (Lipinski definition) is 3. The molecule has 4 rings (SSSR count). The van der Waals surface area contributed by atoms with Crippen LogP contribution in [0.25, 0.3) is 11.3 Å². The van der Waals surface area contributed by atoms with Crippen molar-refractivity contribution in [2.75, 3.05) is 13.6 Å². The lowest BCUT2D eigenvalue weighted by Gasteiger charge is -2.35. The highest BCUT2D eigenvalue weighted by Gasteiger charge is 2.32. The van der Waals surface area contributed by atoms with E-state index in [0.717, 1.165) is 23.4 Å². The zero-order valence-corrected chi connectivity index (χ0v) is 17.5. The first-order valence-electron chi connectivity index (χ1n) is 9.92. The minimum atomic E-state index is -0.654.